The number of hydrogen-bond donors (Lipinski definition) is 2. The minimum atomic E-state index is -4.62. The van der Waals surface area contributed by atoms with Gasteiger partial charge in [0.2, 0.25) is 11.7 Å². The largest absolute Gasteiger partial charge is 0.504 e. The number of hydrogen-bond acceptors (Lipinski definition) is 9. The molecule has 0 bridgehead atoms. The van der Waals surface area contributed by atoms with E-state index in [9.17, 15) is 32.7 Å². The van der Waals surface area contributed by atoms with Crippen LogP contribution in [0.5, 0.6) is 5.75 Å². The molecule has 2 amide bonds. The number of likely N-dealkylation sites (tertiary alicyclic amines) is 1. The molecule has 18 heteroatoms. The van der Waals surface area contributed by atoms with E-state index in [4.69, 9.17) is 23.2 Å². The van der Waals surface area contributed by atoms with Gasteiger partial charge in [0.15, 0.2) is 17.3 Å². The lowest BCUT2D eigenvalue weighted by Crippen LogP contribution is -2.46. The van der Waals surface area contributed by atoms with Gasteiger partial charge in [0.25, 0.3) is 11.5 Å². The summed E-state index contributed by atoms with van der Waals surface area (Å²) in [4.78, 5) is 59.9. The lowest BCUT2D eigenvalue weighted by atomic mass is 9.73. The van der Waals surface area contributed by atoms with Crippen LogP contribution in [-0.2, 0) is 22.9 Å². The van der Waals surface area contributed by atoms with E-state index in [-0.39, 0.29) is 70.0 Å². The second-order valence-corrected chi connectivity index (χ2v) is 13.9. The highest BCUT2D eigenvalue weighted by Crippen LogP contribution is 2.50. The van der Waals surface area contributed by atoms with Crippen LogP contribution in [0.3, 0.4) is 0 Å². The first kappa shape index (κ1) is 35.3. The maximum Gasteiger partial charge on any atom is 0.416 e. The van der Waals surface area contributed by atoms with E-state index < -0.39 is 34.5 Å². The topological polar surface area (TPSA) is 160 Å². The second-order valence-electron chi connectivity index (χ2n) is 13.1. The van der Waals surface area contributed by atoms with Crippen molar-refractivity contribution < 1.29 is 27.9 Å². The Morgan fingerprint density at radius 1 is 1.08 bits per heavy atom. The van der Waals surface area contributed by atoms with Crippen LogP contribution >= 0.6 is 23.2 Å². The number of pyridine rings is 1. The van der Waals surface area contributed by atoms with Crippen molar-refractivity contribution in [3.63, 3.8) is 0 Å². The molecule has 52 heavy (non-hydrogen) atoms. The lowest BCUT2D eigenvalue weighted by molar-refractivity contribution is -0.137. The SMILES string of the molecule is Cc1ncnc(C(=O)N2CCC3(CC2)CC(C)c2c3c(=O)n3nc(-c4ccnc(C)c4Cl)nc3n2CC(=O)Nc2ccc(C(F)(F)F)cc2Cl)c1O. The van der Waals surface area contributed by atoms with Gasteiger partial charge in [-0.1, -0.05) is 30.1 Å². The zero-order chi connectivity index (χ0) is 37.3. The van der Waals surface area contributed by atoms with Crippen molar-refractivity contribution in [1.29, 1.82) is 0 Å². The van der Waals surface area contributed by atoms with Gasteiger partial charge in [-0.2, -0.15) is 22.7 Å². The molecule has 1 fully saturated rings. The monoisotopic (exact) mass is 755 g/mol. The Morgan fingerprint density at radius 3 is 2.50 bits per heavy atom. The first-order chi connectivity index (χ1) is 24.6. The molecule has 5 aromatic rings. The first-order valence-electron chi connectivity index (χ1n) is 16.2. The Labute approximate surface area is 303 Å². The molecule has 270 valence electrons. The molecule has 1 aliphatic heterocycles. The molecule has 4 aromatic heterocycles. The van der Waals surface area contributed by atoms with Crippen molar-refractivity contribution in [2.75, 3.05) is 18.4 Å². The standard InChI is InChI=1S/C34H30Cl2F3N9O4/c1-16-13-33(7-10-46(11-8-33)31(52)26-28(50)18(3)41-15-42-26)24-27(16)47(14-23(49)43-22-5-4-19(12-21(22)35)34(37,38)39)32-44-29(45-48(32)30(24)51)20-6-9-40-17(2)25(20)36/h4-6,9,12,15-16,50H,7-8,10-11,13-14H2,1-3H3,(H,43,49). The van der Waals surface area contributed by atoms with Gasteiger partial charge in [0.05, 0.1) is 32.7 Å². The van der Waals surface area contributed by atoms with Crippen LogP contribution in [0.1, 0.15) is 70.8 Å². The average molecular weight is 757 g/mol. The van der Waals surface area contributed by atoms with Crippen LogP contribution in [0.25, 0.3) is 17.2 Å². The number of carbonyl (C=O) groups is 2. The van der Waals surface area contributed by atoms with Gasteiger partial charge >= 0.3 is 6.18 Å². The first-order valence-corrected chi connectivity index (χ1v) is 17.0. The maximum atomic E-state index is 14.5. The molecule has 7 rings (SSSR count). The minimum absolute atomic E-state index is 0.0268. The molecular weight excluding hydrogens is 726 g/mol. The molecule has 0 saturated carbocycles. The van der Waals surface area contributed by atoms with E-state index in [1.165, 1.54) is 12.5 Å². The van der Waals surface area contributed by atoms with E-state index in [0.29, 0.717) is 41.8 Å². The maximum absolute atomic E-state index is 14.5. The fraction of sp³-hybridized carbons (Fsp3) is 0.353. The van der Waals surface area contributed by atoms with Crippen LogP contribution in [0.4, 0.5) is 18.9 Å². The van der Waals surface area contributed by atoms with Gasteiger partial charge in [0.1, 0.15) is 12.9 Å². The van der Waals surface area contributed by atoms with Crippen LogP contribution in [0, 0.1) is 13.8 Å². The van der Waals surface area contributed by atoms with Crippen molar-refractivity contribution in [2.24, 2.45) is 0 Å². The Hall–Kier alpha value is -5.09. The molecule has 2 N–H and O–H groups in total. The van der Waals surface area contributed by atoms with Crippen molar-refractivity contribution in [3.05, 3.63) is 91.1 Å². The number of fused-ring (bicyclic) bond motifs is 3. The smallest absolute Gasteiger partial charge is 0.416 e. The Balaban J connectivity index is 1.29. The summed E-state index contributed by atoms with van der Waals surface area (Å²) in [6, 6.07) is 4.23. The average Bonchev–Trinajstić information content (AvgIpc) is 3.66. The van der Waals surface area contributed by atoms with Crippen molar-refractivity contribution in [2.45, 2.75) is 64.1 Å². The summed E-state index contributed by atoms with van der Waals surface area (Å²) in [6.45, 7) is 5.34. The summed E-state index contributed by atoms with van der Waals surface area (Å²) < 4.78 is 42.5. The number of piperidine rings is 1. The van der Waals surface area contributed by atoms with Crippen LogP contribution in [-0.4, -0.2) is 69.0 Å². The Kier molecular flexibility index (Phi) is 8.72. The van der Waals surface area contributed by atoms with Crippen molar-refractivity contribution >= 4 is 46.5 Å². The summed E-state index contributed by atoms with van der Waals surface area (Å²) in [5, 5.41) is 17.6. The van der Waals surface area contributed by atoms with E-state index in [1.54, 1.807) is 29.4 Å². The fourth-order valence-corrected chi connectivity index (χ4v) is 7.78. The normalized spacial score (nSPS) is 16.8. The number of aromatic hydroxyl groups is 1. The predicted octanol–water partition coefficient (Wildman–Crippen LogP) is 5.71. The Morgan fingerprint density at radius 2 is 1.81 bits per heavy atom. The van der Waals surface area contributed by atoms with E-state index >= 15 is 0 Å². The number of nitrogens with one attached hydrogen (secondary N) is 1. The van der Waals surface area contributed by atoms with Gasteiger partial charge in [-0.3, -0.25) is 19.4 Å². The van der Waals surface area contributed by atoms with E-state index in [2.05, 4.69) is 30.4 Å². The summed E-state index contributed by atoms with van der Waals surface area (Å²) >= 11 is 12.7. The van der Waals surface area contributed by atoms with Crippen molar-refractivity contribution in [3.8, 4) is 17.1 Å². The molecule has 1 unspecified atom stereocenters. The second kappa shape index (κ2) is 12.8. The highest BCUT2D eigenvalue weighted by Gasteiger charge is 2.49. The van der Waals surface area contributed by atoms with E-state index in [0.717, 1.165) is 22.7 Å². The molecule has 5 heterocycles. The number of halogens is 5. The van der Waals surface area contributed by atoms with Gasteiger partial charge in [-0.05, 0) is 63.3 Å². The number of rotatable bonds is 5. The van der Waals surface area contributed by atoms with Gasteiger partial charge in [0, 0.05) is 41.5 Å². The highest BCUT2D eigenvalue weighted by atomic mass is 35.5. The number of alkyl halides is 3. The number of benzene rings is 1. The fourth-order valence-electron chi connectivity index (χ4n) is 7.35. The number of nitrogens with zero attached hydrogens (tertiary/aromatic N) is 8. The molecule has 1 saturated heterocycles. The minimum Gasteiger partial charge on any atom is -0.504 e. The molecule has 1 aliphatic carbocycles. The molecule has 1 aromatic carbocycles. The molecule has 13 nitrogen and oxygen atoms in total. The quantitative estimate of drug-likeness (QED) is 0.229. The predicted molar refractivity (Wildman–Crippen MR) is 184 cm³/mol. The third-order valence-electron chi connectivity index (χ3n) is 9.87. The molecule has 1 atom stereocenters. The van der Waals surface area contributed by atoms with E-state index in [1.807, 2.05) is 6.92 Å². The van der Waals surface area contributed by atoms with Gasteiger partial charge in [-0.25, -0.2) is 9.97 Å². The third kappa shape index (κ3) is 5.92. The number of anilines is 1. The molecule has 0 radical (unpaired) electrons. The summed E-state index contributed by atoms with van der Waals surface area (Å²) in [5.41, 5.74) is -0.0192. The Bertz CT molecular complexity index is 2350. The van der Waals surface area contributed by atoms with Crippen LogP contribution < -0.4 is 10.9 Å². The van der Waals surface area contributed by atoms with Crippen LogP contribution in [0.2, 0.25) is 10.0 Å². The molecule has 2 aliphatic rings. The van der Waals surface area contributed by atoms with Gasteiger partial charge in [-0.15, -0.1) is 5.10 Å². The van der Waals surface area contributed by atoms with Gasteiger partial charge < -0.3 is 19.9 Å². The lowest BCUT2D eigenvalue weighted by Gasteiger charge is -2.39. The molecular formula is C34H30Cl2F3N9O4. The summed E-state index contributed by atoms with van der Waals surface area (Å²) in [6.07, 6.45) is -0.561. The molecule has 1 spiro atoms. The highest BCUT2D eigenvalue weighted by molar-refractivity contribution is 6.34. The number of carbonyl (C=O) groups excluding carboxylic acids is 2. The third-order valence-corrected chi connectivity index (χ3v) is 10.7. The van der Waals surface area contributed by atoms with Crippen molar-refractivity contribution in [1.82, 2.24) is 39.0 Å². The number of aryl methyl sites for hydroxylation is 2. The number of aromatic nitrogens is 7. The number of amides is 2. The van der Waals surface area contributed by atoms with Crippen LogP contribution in [0.15, 0.2) is 41.6 Å². The summed E-state index contributed by atoms with van der Waals surface area (Å²) in [5.74, 6) is -1.45. The summed E-state index contributed by atoms with van der Waals surface area (Å²) in [7, 11) is 0. The zero-order valence-corrected chi connectivity index (χ0v) is 29.4. The zero-order valence-electron chi connectivity index (χ0n) is 27.9.